The SMILES string of the molecule is C=CC(=O)Cl.C=CC(=O)Nc1cc(Nc2ncnc(Nc3cc(Cl)c(F)cc3C(C)(O)CC)n2)c(OC)cc1N1CC[C@@H]1CN(C)C.CCC(C)(O)c1cc(F)c(Cl)cc1Nc1ncnc(Nc2cc([N+](=O)[O-])c(N3CC[C@@H]3CN(C)C)cc2OC)n1. The Balaban J connectivity index is 0.000000258. The van der Waals surface area contributed by atoms with E-state index in [0.29, 0.717) is 76.6 Å². The number of nitrogens with one attached hydrogen (secondary N) is 5. The highest BCUT2D eigenvalue weighted by atomic mass is 35.5. The summed E-state index contributed by atoms with van der Waals surface area (Å²) in [5.74, 6) is -0.328. The molecule has 2 unspecified atom stereocenters. The number of likely N-dealkylation sites (N-methyl/N-ethyl adjacent to an activating group) is 2. The van der Waals surface area contributed by atoms with Crippen LogP contribution in [0.3, 0.4) is 0 Å². The number of anilines is 11. The number of nitrogens with zero attached hydrogens (tertiary/aromatic N) is 11. The van der Waals surface area contributed by atoms with E-state index in [-0.39, 0.29) is 57.0 Å². The van der Waals surface area contributed by atoms with Crippen molar-refractivity contribution in [3.63, 3.8) is 0 Å². The molecule has 4 heterocycles. The number of aromatic nitrogens is 6. The highest BCUT2D eigenvalue weighted by Crippen LogP contribution is 2.44. The molecule has 4 atom stereocenters. The van der Waals surface area contributed by atoms with Crippen LogP contribution in [0, 0.1) is 21.7 Å². The Kier molecular flexibility index (Phi) is 23.5. The number of aliphatic hydroxyl groups is 2. The van der Waals surface area contributed by atoms with Crippen LogP contribution in [0.15, 0.2) is 86.5 Å². The third-order valence-corrected chi connectivity index (χ3v) is 15.0. The van der Waals surface area contributed by atoms with E-state index in [0.717, 1.165) is 44.2 Å². The molecule has 2 aliphatic rings. The van der Waals surface area contributed by atoms with Crippen molar-refractivity contribution in [3.8, 4) is 11.5 Å². The molecular weight excluding hydrogens is 1190 g/mol. The standard InChI is InChI=1S/C29H36ClFN8O3.C26H32ClFN8O4.C3H3ClO/c1-7-26(40)34-22-13-23(25(42-6)14-24(22)39-10-9-17(39)15-38(4)5)36-28-33-16-32-27(37-28)35-21-12-19(30)20(31)11-18(21)29(3,41)8-2;1-6-26(2,37)16-9-18(28)17(27)10-19(16)31-24-29-14-30-25(33-24)32-20-11-22(36(38)39)21(12-23(20)40-5)35-8-7-15(35)13-34(3)4;1-2-3(4)5/h7,11-14,16-17,41H,1,8-10,15H2,2-6H3,(H,34,40)(H2,32,33,35,36,37);9-12,14-15,37H,6-8,13H2,1-5H3,(H2,29,30,31,32,33);2H,1H2/t17-,29?;15-,26?;/m11./s1. The summed E-state index contributed by atoms with van der Waals surface area (Å²) in [6, 6.07) is 12.2. The van der Waals surface area contributed by atoms with Crippen LogP contribution in [-0.2, 0) is 20.8 Å². The summed E-state index contributed by atoms with van der Waals surface area (Å²) < 4.78 is 39.8. The first-order valence-corrected chi connectivity index (χ1v) is 28.4. The average Bonchev–Trinajstić information content (AvgIpc) is 3.19. The van der Waals surface area contributed by atoms with E-state index in [1.807, 2.05) is 44.1 Å². The number of allylic oxidation sites excluding steroid dienone is 1. The van der Waals surface area contributed by atoms with Gasteiger partial charge in [0.15, 0.2) is 0 Å². The Bertz CT molecular complexity index is 3480. The first-order valence-electron chi connectivity index (χ1n) is 27.2. The molecule has 4 aromatic carbocycles. The summed E-state index contributed by atoms with van der Waals surface area (Å²) >= 11 is 16.8. The summed E-state index contributed by atoms with van der Waals surface area (Å²) in [7, 11) is 11.0. The Labute approximate surface area is 518 Å². The van der Waals surface area contributed by atoms with Crippen molar-refractivity contribution in [1.29, 1.82) is 0 Å². The number of carbonyl (C=O) groups is 2. The second kappa shape index (κ2) is 30.0. The van der Waals surface area contributed by atoms with Gasteiger partial charge < -0.3 is 65.9 Å². The number of hydrogen-bond donors (Lipinski definition) is 7. The van der Waals surface area contributed by atoms with Crippen LogP contribution in [0.1, 0.15) is 64.5 Å². The third-order valence-electron chi connectivity index (χ3n) is 14.3. The summed E-state index contributed by atoms with van der Waals surface area (Å²) in [6.45, 7) is 16.5. The zero-order valence-corrected chi connectivity index (χ0v) is 52.1. The fourth-order valence-corrected chi connectivity index (χ4v) is 9.51. The van der Waals surface area contributed by atoms with Crippen LogP contribution in [-0.4, -0.2) is 147 Å². The number of halogens is 5. The molecule has 29 heteroatoms. The molecule has 0 bridgehead atoms. The van der Waals surface area contributed by atoms with Crippen molar-refractivity contribution < 1.29 is 43.0 Å². The zero-order valence-electron chi connectivity index (χ0n) is 49.8. The number of benzene rings is 4. The van der Waals surface area contributed by atoms with Crippen molar-refractivity contribution >= 4 is 115 Å². The highest BCUT2D eigenvalue weighted by Gasteiger charge is 2.36. The second-order valence-corrected chi connectivity index (χ2v) is 22.2. The number of hydrogen-bond acceptors (Lipinski definition) is 22. The predicted molar refractivity (Wildman–Crippen MR) is 336 cm³/mol. The predicted octanol–water partition coefficient (Wildman–Crippen LogP) is 10.8. The number of nitro groups is 1. The van der Waals surface area contributed by atoms with Gasteiger partial charge in [0.1, 0.15) is 41.5 Å². The lowest BCUT2D eigenvalue weighted by Crippen LogP contribution is -2.53. The molecular formula is C58H71Cl3F2N16O8. The summed E-state index contributed by atoms with van der Waals surface area (Å²) in [6.07, 6.45) is 7.41. The Morgan fingerprint density at radius 3 is 1.43 bits per heavy atom. The maximum Gasteiger partial charge on any atom is 0.294 e. The number of carbonyl (C=O) groups excluding carboxylic acids is 2. The Morgan fingerprint density at radius 2 is 1.08 bits per heavy atom. The molecule has 2 aromatic heterocycles. The molecule has 466 valence electrons. The smallest absolute Gasteiger partial charge is 0.294 e. The van der Waals surface area contributed by atoms with Crippen LogP contribution in [0.2, 0.25) is 10.0 Å². The molecule has 24 nitrogen and oxygen atoms in total. The van der Waals surface area contributed by atoms with Crippen molar-refractivity contribution in [2.75, 3.05) is 105 Å². The molecule has 2 saturated heterocycles. The van der Waals surface area contributed by atoms with E-state index in [4.69, 9.17) is 44.3 Å². The molecule has 8 rings (SSSR count). The number of rotatable bonds is 24. The molecule has 0 spiro atoms. The van der Waals surface area contributed by atoms with E-state index in [1.165, 1.54) is 56.2 Å². The third kappa shape index (κ3) is 17.5. The molecule has 6 aromatic rings. The highest BCUT2D eigenvalue weighted by molar-refractivity contribution is 6.66. The van der Waals surface area contributed by atoms with Gasteiger partial charge in [-0.25, -0.2) is 28.7 Å². The van der Waals surface area contributed by atoms with Crippen LogP contribution >= 0.6 is 34.8 Å². The van der Waals surface area contributed by atoms with Gasteiger partial charge in [0.2, 0.25) is 34.9 Å². The first-order chi connectivity index (χ1) is 41.1. The first kappa shape index (κ1) is 68.0. The van der Waals surface area contributed by atoms with Crippen molar-refractivity contribution in [1.82, 2.24) is 39.7 Å². The van der Waals surface area contributed by atoms with Crippen LogP contribution in [0.4, 0.5) is 78.1 Å². The van der Waals surface area contributed by atoms with Crippen LogP contribution in [0.5, 0.6) is 11.5 Å². The zero-order chi connectivity index (χ0) is 64.1. The minimum atomic E-state index is -1.35. The monoisotopic (exact) mass is 1260 g/mol. The maximum absolute atomic E-state index is 14.3. The van der Waals surface area contributed by atoms with Gasteiger partial charge in [0.25, 0.3) is 5.69 Å². The van der Waals surface area contributed by atoms with E-state index in [1.54, 1.807) is 46.9 Å². The summed E-state index contributed by atoms with van der Waals surface area (Å²) in [5, 5.41) is 47.9. The minimum absolute atomic E-state index is 0.0734. The van der Waals surface area contributed by atoms with Gasteiger partial charge >= 0.3 is 0 Å². The second-order valence-electron chi connectivity index (χ2n) is 21.0. The summed E-state index contributed by atoms with van der Waals surface area (Å²) in [5.41, 5.74) is 1.17. The van der Waals surface area contributed by atoms with E-state index in [9.17, 15) is 38.7 Å². The topological polar surface area (TPSA) is 287 Å². The fourth-order valence-electron chi connectivity index (χ4n) is 9.18. The number of amides is 1. The largest absolute Gasteiger partial charge is 0.494 e. The summed E-state index contributed by atoms with van der Waals surface area (Å²) in [4.78, 5) is 67.2. The Morgan fingerprint density at radius 1 is 0.690 bits per heavy atom. The van der Waals surface area contributed by atoms with Gasteiger partial charge in [-0.2, -0.15) is 9.97 Å². The maximum atomic E-state index is 14.3. The lowest BCUT2D eigenvalue weighted by molar-refractivity contribution is -0.384. The minimum Gasteiger partial charge on any atom is -0.494 e. The lowest BCUT2D eigenvalue weighted by Gasteiger charge is -2.45. The quantitative estimate of drug-likeness (QED) is 0.0128. The molecule has 0 radical (unpaired) electrons. The molecule has 2 fully saturated rings. The van der Waals surface area contributed by atoms with Gasteiger partial charge in [0.05, 0.1) is 63.1 Å². The van der Waals surface area contributed by atoms with Crippen molar-refractivity contribution in [2.45, 2.75) is 76.7 Å². The fraction of sp³-hybridized carbons (Fsp3) is 0.379. The molecule has 0 saturated carbocycles. The molecule has 1 amide bonds. The van der Waals surface area contributed by atoms with Crippen molar-refractivity contribution in [3.05, 3.63) is 129 Å². The number of ether oxygens (including phenoxy) is 2. The van der Waals surface area contributed by atoms with Gasteiger partial charge in [-0.1, -0.05) is 50.2 Å². The normalized spacial score (nSPS) is 15.6. The van der Waals surface area contributed by atoms with E-state index < -0.39 is 33.0 Å². The molecule has 7 N–H and O–H groups in total. The van der Waals surface area contributed by atoms with Crippen LogP contribution in [0.25, 0.3) is 0 Å². The van der Waals surface area contributed by atoms with Gasteiger partial charge in [-0.05, 0) is 122 Å². The van der Waals surface area contributed by atoms with Gasteiger partial charge in [-0.15, -0.1) is 0 Å². The molecule has 87 heavy (non-hydrogen) atoms. The Hall–Kier alpha value is -8.11. The average molecular weight is 1260 g/mol. The lowest BCUT2D eigenvalue weighted by atomic mass is 9.91. The number of nitro benzene ring substituents is 1. The molecule has 2 aliphatic heterocycles. The molecule has 0 aliphatic carbocycles. The van der Waals surface area contributed by atoms with Gasteiger partial charge in [-0.3, -0.25) is 19.7 Å². The van der Waals surface area contributed by atoms with E-state index in [2.05, 4.69) is 79.4 Å². The van der Waals surface area contributed by atoms with Gasteiger partial charge in [0, 0.05) is 79.0 Å². The van der Waals surface area contributed by atoms with E-state index >= 15 is 0 Å². The van der Waals surface area contributed by atoms with Crippen LogP contribution < -0.4 is 45.9 Å². The number of methoxy groups -OCH3 is 2. The van der Waals surface area contributed by atoms with Crippen molar-refractivity contribution in [2.24, 2.45) is 0 Å².